The Bertz CT molecular complexity index is 1510. The molecule has 1 N–H and O–H groups in total. The summed E-state index contributed by atoms with van der Waals surface area (Å²) in [7, 11) is 1.27. The molecule has 2 amide bonds. The van der Waals surface area contributed by atoms with E-state index in [9.17, 15) is 24.5 Å². The van der Waals surface area contributed by atoms with Crippen molar-refractivity contribution in [2.24, 2.45) is 4.99 Å². The fourth-order valence-electron chi connectivity index (χ4n) is 3.18. The lowest BCUT2D eigenvalue weighted by Gasteiger charge is -2.05. The van der Waals surface area contributed by atoms with Gasteiger partial charge in [-0.1, -0.05) is 11.3 Å². The van der Waals surface area contributed by atoms with Gasteiger partial charge in [0.05, 0.1) is 27.1 Å². The lowest BCUT2D eigenvalue weighted by atomic mass is 10.2. The Labute approximate surface area is 193 Å². The zero-order valence-electron chi connectivity index (χ0n) is 17.4. The molecule has 2 heterocycles. The summed E-state index contributed by atoms with van der Waals surface area (Å²) in [5, 5.41) is 14.3. The number of thiophene rings is 1. The number of carbonyl (C=O) groups is 3. The SMILES string of the molecule is COC(=O)Cn1c(=NC(=O)c2cc3cc([N+](=O)[O-])ccc3s2)sc2cc(NC(C)=O)ccc21. The van der Waals surface area contributed by atoms with Crippen LogP contribution in [0.1, 0.15) is 16.6 Å². The second kappa shape index (κ2) is 8.92. The largest absolute Gasteiger partial charge is 0.468 e. The van der Waals surface area contributed by atoms with Crippen molar-refractivity contribution in [1.82, 2.24) is 4.57 Å². The number of hydrogen-bond donors (Lipinski definition) is 1. The van der Waals surface area contributed by atoms with Gasteiger partial charge in [0, 0.05) is 34.8 Å². The van der Waals surface area contributed by atoms with E-state index in [0.717, 1.165) is 4.70 Å². The first-order chi connectivity index (χ1) is 15.7. The van der Waals surface area contributed by atoms with Gasteiger partial charge < -0.3 is 14.6 Å². The Morgan fingerprint density at radius 2 is 1.91 bits per heavy atom. The summed E-state index contributed by atoms with van der Waals surface area (Å²) < 4.78 is 7.77. The molecule has 0 saturated heterocycles. The Balaban J connectivity index is 1.80. The molecule has 0 aliphatic rings. The van der Waals surface area contributed by atoms with Crippen molar-refractivity contribution in [3.8, 4) is 0 Å². The third-order valence-electron chi connectivity index (χ3n) is 4.64. The average Bonchev–Trinajstić information content (AvgIpc) is 3.34. The molecule has 4 aromatic rings. The number of esters is 1. The maximum atomic E-state index is 12.9. The van der Waals surface area contributed by atoms with Crippen molar-refractivity contribution in [2.75, 3.05) is 12.4 Å². The monoisotopic (exact) mass is 484 g/mol. The second-order valence-electron chi connectivity index (χ2n) is 6.92. The van der Waals surface area contributed by atoms with Gasteiger partial charge in [-0.25, -0.2) is 0 Å². The van der Waals surface area contributed by atoms with E-state index >= 15 is 0 Å². The molecule has 168 valence electrons. The highest BCUT2D eigenvalue weighted by molar-refractivity contribution is 7.21. The van der Waals surface area contributed by atoms with Gasteiger partial charge in [-0.15, -0.1) is 11.3 Å². The van der Waals surface area contributed by atoms with Gasteiger partial charge in [-0.2, -0.15) is 4.99 Å². The van der Waals surface area contributed by atoms with Crippen LogP contribution < -0.4 is 10.1 Å². The number of aromatic nitrogens is 1. The van der Waals surface area contributed by atoms with Crippen LogP contribution in [0.15, 0.2) is 47.5 Å². The van der Waals surface area contributed by atoms with E-state index in [-0.39, 0.29) is 22.9 Å². The number of non-ortho nitro benzene ring substituents is 1. The van der Waals surface area contributed by atoms with Gasteiger partial charge in [-0.3, -0.25) is 24.5 Å². The van der Waals surface area contributed by atoms with Crippen LogP contribution in [0, 0.1) is 10.1 Å². The number of carbonyl (C=O) groups excluding carboxylic acids is 3. The minimum Gasteiger partial charge on any atom is -0.468 e. The van der Waals surface area contributed by atoms with Crippen molar-refractivity contribution in [2.45, 2.75) is 13.5 Å². The Morgan fingerprint density at radius 3 is 2.61 bits per heavy atom. The number of thiazole rings is 1. The molecule has 4 rings (SSSR count). The molecule has 0 bridgehead atoms. The highest BCUT2D eigenvalue weighted by Crippen LogP contribution is 2.29. The summed E-state index contributed by atoms with van der Waals surface area (Å²) in [5.74, 6) is -1.27. The minimum atomic E-state index is -0.536. The first-order valence-electron chi connectivity index (χ1n) is 9.50. The predicted octanol–water partition coefficient (Wildman–Crippen LogP) is 3.70. The molecule has 0 spiro atoms. The molecule has 12 heteroatoms. The van der Waals surface area contributed by atoms with Crippen LogP contribution in [0.5, 0.6) is 0 Å². The van der Waals surface area contributed by atoms with Crippen LogP contribution >= 0.6 is 22.7 Å². The molecule has 0 aliphatic heterocycles. The minimum absolute atomic E-state index is 0.0633. The van der Waals surface area contributed by atoms with E-state index in [1.807, 2.05) is 0 Å². The molecule has 0 saturated carbocycles. The number of hydrogen-bond acceptors (Lipinski definition) is 8. The summed E-state index contributed by atoms with van der Waals surface area (Å²) in [6, 6.07) is 11.1. The number of ether oxygens (including phenoxy) is 1. The molecule has 10 nitrogen and oxygen atoms in total. The van der Waals surface area contributed by atoms with Gasteiger partial charge in [-0.05, 0) is 30.3 Å². The van der Waals surface area contributed by atoms with Crippen molar-refractivity contribution in [1.29, 1.82) is 0 Å². The highest BCUT2D eigenvalue weighted by atomic mass is 32.1. The summed E-state index contributed by atoms with van der Waals surface area (Å²) in [6.07, 6.45) is 0. The molecule has 2 aromatic carbocycles. The van der Waals surface area contributed by atoms with Gasteiger partial charge in [0.15, 0.2) is 4.80 Å². The first-order valence-corrected chi connectivity index (χ1v) is 11.1. The number of nitrogens with zero attached hydrogens (tertiary/aromatic N) is 3. The van der Waals surface area contributed by atoms with E-state index < -0.39 is 16.8 Å². The first kappa shape index (κ1) is 22.3. The van der Waals surface area contributed by atoms with E-state index in [1.54, 1.807) is 34.9 Å². The molecule has 0 atom stereocenters. The van der Waals surface area contributed by atoms with Gasteiger partial charge >= 0.3 is 5.97 Å². The molecule has 0 aliphatic carbocycles. The lowest BCUT2D eigenvalue weighted by molar-refractivity contribution is -0.384. The molecule has 0 unspecified atom stereocenters. The number of anilines is 1. The molecule has 33 heavy (non-hydrogen) atoms. The van der Waals surface area contributed by atoms with E-state index in [1.165, 1.54) is 48.8 Å². The third-order valence-corrected chi connectivity index (χ3v) is 6.78. The van der Waals surface area contributed by atoms with Gasteiger partial charge in [0.25, 0.3) is 11.6 Å². The van der Waals surface area contributed by atoms with Gasteiger partial charge in [0.1, 0.15) is 6.54 Å². The van der Waals surface area contributed by atoms with E-state index in [2.05, 4.69) is 10.3 Å². The maximum absolute atomic E-state index is 12.9. The van der Waals surface area contributed by atoms with Crippen LogP contribution in [-0.4, -0.2) is 34.4 Å². The van der Waals surface area contributed by atoms with E-state index in [4.69, 9.17) is 4.74 Å². The van der Waals surface area contributed by atoms with Crippen LogP contribution in [0.3, 0.4) is 0 Å². The van der Waals surface area contributed by atoms with Crippen LogP contribution in [0.25, 0.3) is 20.3 Å². The number of nitrogens with one attached hydrogen (secondary N) is 1. The molecular weight excluding hydrogens is 468 g/mol. The number of nitro benzene ring substituents is 1. The summed E-state index contributed by atoms with van der Waals surface area (Å²) in [4.78, 5) is 51.6. The van der Waals surface area contributed by atoms with Crippen LogP contribution in [0.2, 0.25) is 0 Å². The number of fused-ring (bicyclic) bond motifs is 2. The number of rotatable bonds is 5. The zero-order chi connectivity index (χ0) is 23.7. The van der Waals surface area contributed by atoms with E-state index in [0.29, 0.717) is 26.2 Å². The summed E-state index contributed by atoms with van der Waals surface area (Å²) >= 11 is 2.36. The molecule has 2 aromatic heterocycles. The number of benzene rings is 2. The Morgan fingerprint density at radius 1 is 1.12 bits per heavy atom. The number of amides is 2. The van der Waals surface area contributed by atoms with Crippen molar-refractivity contribution < 1.29 is 24.0 Å². The summed E-state index contributed by atoms with van der Waals surface area (Å²) in [5.41, 5.74) is 1.16. The fraction of sp³-hybridized carbons (Fsp3) is 0.143. The van der Waals surface area contributed by atoms with Crippen molar-refractivity contribution in [3.05, 3.63) is 62.3 Å². The lowest BCUT2D eigenvalue weighted by Crippen LogP contribution is -2.22. The predicted molar refractivity (Wildman–Crippen MR) is 125 cm³/mol. The fourth-order valence-corrected chi connectivity index (χ4v) is 5.17. The van der Waals surface area contributed by atoms with Crippen LogP contribution in [0.4, 0.5) is 11.4 Å². The average molecular weight is 485 g/mol. The van der Waals surface area contributed by atoms with Crippen molar-refractivity contribution >= 4 is 72.1 Å². The standard InChI is InChI=1S/C21H16N4O6S2/c1-11(26)22-13-3-5-15-17(9-13)33-21(24(15)10-19(27)31-2)23-20(28)18-8-12-7-14(25(29)30)4-6-16(12)32-18/h3-9H,10H2,1-2H3,(H,22,26). The third kappa shape index (κ3) is 4.66. The number of methoxy groups -OCH3 is 1. The topological polar surface area (TPSA) is 133 Å². The summed E-state index contributed by atoms with van der Waals surface area (Å²) in [6.45, 7) is 1.25. The quantitative estimate of drug-likeness (QED) is 0.261. The maximum Gasteiger partial charge on any atom is 0.325 e. The number of nitro groups is 1. The zero-order valence-corrected chi connectivity index (χ0v) is 19.0. The Hall–Kier alpha value is -3.90. The van der Waals surface area contributed by atoms with Crippen LogP contribution in [-0.2, 0) is 20.9 Å². The molecule has 0 fully saturated rings. The van der Waals surface area contributed by atoms with Gasteiger partial charge in [0.2, 0.25) is 5.91 Å². The molecule has 0 radical (unpaired) electrons. The van der Waals surface area contributed by atoms with Crippen molar-refractivity contribution in [3.63, 3.8) is 0 Å². The normalized spacial score (nSPS) is 11.6. The smallest absolute Gasteiger partial charge is 0.325 e. The Kier molecular flexibility index (Phi) is 6.03. The molecular formula is C21H16N4O6S2. The highest BCUT2D eigenvalue weighted by Gasteiger charge is 2.16. The second-order valence-corrected chi connectivity index (χ2v) is 9.01.